The van der Waals surface area contributed by atoms with E-state index in [1.165, 1.54) is 25.8 Å². The van der Waals surface area contributed by atoms with E-state index in [2.05, 4.69) is 50.0 Å². The van der Waals surface area contributed by atoms with E-state index < -0.39 is 0 Å². The molecule has 0 saturated carbocycles. The lowest BCUT2D eigenvalue weighted by Crippen LogP contribution is -2.38. The predicted octanol–water partition coefficient (Wildman–Crippen LogP) is 1.81. The molecular formula is C16H35N3O. The highest BCUT2D eigenvalue weighted by Gasteiger charge is 2.26. The van der Waals surface area contributed by atoms with Gasteiger partial charge in [-0.25, -0.2) is 0 Å². The van der Waals surface area contributed by atoms with Crippen molar-refractivity contribution in [2.75, 3.05) is 46.8 Å². The summed E-state index contributed by atoms with van der Waals surface area (Å²) in [6.45, 7) is 12.2. The third-order valence-electron chi connectivity index (χ3n) is 3.81. The molecule has 0 spiro atoms. The van der Waals surface area contributed by atoms with Gasteiger partial charge in [0.15, 0.2) is 0 Å². The highest BCUT2D eigenvalue weighted by atomic mass is 16.5. The molecule has 120 valence electrons. The Kier molecular flexibility index (Phi) is 8.69. The Balaban J connectivity index is 2.27. The third kappa shape index (κ3) is 7.58. The van der Waals surface area contributed by atoms with Crippen LogP contribution in [0.5, 0.6) is 0 Å². The summed E-state index contributed by atoms with van der Waals surface area (Å²) in [5, 5.41) is 3.48. The smallest absolute Gasteiger partial charge is 0.0707 e. The van der Waals surface area contributed by atoms with Crippen molar-refractivity contribution in [3.63, 3.8) is 0 Å². The van der Waals surface area contributed by atoms with Crippen molar-refractivity contribution >= 4 is 0 Å². The van der Waals surface area contributed by atoms with Crippen molar-refractivity contribution in [1.29, 1.82) is 0 Å². The SMILES string of the molecule is CCCN(CCN(C)C)CC1CCC(CNC(C)C)O1. The Bertz CT molecular complexity index is 246. The fraction of sp³-hybridized carbons (Fsp3) is 1.00. The molecule has 0 amide bonds. The highest BCUT2D eigenvalue weighted by molar-refractivity contribution is 4.78. The number of rotatable bonds is 10. The number of likely N-dealkylation sites (N-methyl/N-ethyl adjacent to an activating group) is 1. The number of nitrogens with zero attached hydrogens (tertiary/aromatic N) is 2. The summed E-state index contributed by atoms with van der Waals surface area (Å²) < 4.78 is 6.18. The van der Waals surface area contributed by atoms with Gasteiger partial charge in [0.05, 0.1) is 12.2 Å². The van der Waals surface area contributed by atoms with Crippen LogP contribution in [0.25, 0.3) is 0 Å². The summed E-state index contributed by atoms with van der Waals surface area (Å²) in [7, 11) is 4.29. The van der Waals surface area contributed by atoms with Crippen LogP contribution in [0.4, 0.5) is 0 Å². The van der Waals surface area contributed by atoms with Gasteiger partial charge in [-0.1, -0.05) is 20.8 Å². The average Bonchev–Trinajstić information content (AvgIpc) is 2.81. The molecule has 2 unspecified atom stereocenters. The first-order valence-corrected chi connectivity index (χ1v) is 8.27. The quantitative estimate of drug-likeness (QED) is 0.662. The molecule has 1 N–H and O–H groups in total. The van der Waals surface area contributed by atoms with E-state index in [1.807, 2.05) is 0 Å². The third-order valence-corrected chi connectivity index (χ3v) is 3.81. The van der Waals surface area contributed by atoms with Crippen molar-refractivity contribution in [3.05, 3.63) is 0 Å². The summed E-state index contributed by atoms with van der Waals surface area (Å²) in [5.74, 6) is 0. The molecule has 4 heteroatoms. The second-order valence-corrected chi connectivity index (χ2v) is 6.62. The topological polar surface area (TPSA) is 27.7 Å². The lowest BCUT2D eigenvalue weighted by Gasteiger charge is -2.26. The first-order valence-electron chi connectivity index (χ1n) is 8.27. The molecule has 1 aliphatic rings. The van der Waals surface area contributed by atoms with Crippen molar-refractivity contribution < 1.29 is 4.74 Å². The Morgan fingerprint density at radius 3 is 2.40 bits per heavy atom. The Labute approximate surface area is 125 Å². The second kappa shape index (κ2) is 9.72. The first kappa shape index (κ1) is 17.9. The standard InChI is InChI=1S/C16H35N3O/c1-6-9-19(11-10-18(4)5)13-16-8-7-15(20-16)12-17-14(2)3/h14-17H,6-13H2,1-5H3. The summed E-state index contributed by atoms with van der Waals surface area (Å²) in [5.41, 5.74) is 0. The molecule has 20 heavy (non-hydrogen) atoms. The van der Waals surface area contributed by atoms with Gasteiger partial charge in [-0.05, 0) is 39.9 Å². The second-order valence-electron chi connectivity index (χ2n) is 6.62. The van der Waals surface area contributed by atoms with Gasteiger partial charge in [-0.2, -0.15) is 0 Å². The van der Waals surface area contributed by atoms with E-state index >= 15 is 0 Å². The monoisotopic (exact) mass is 285 g/mol. The zero-order chi connectivity index (χ0) is 15.0. The number of nitrogens with one attached hydrogen (secondary N) is 1. The maximum Gasteiger partial charge on any atom is 0.0707 e. The summed E-state index contributed by atoms with van der Waals surface area (Å²) in [4.78, 5) is 4.82. The van der Waals surface area contributed by atoms with Gasteiger partial charge in [0.25, 0.3) is 0 Å². The number of ether oxygens (including phenoxy) is 1. The summed E-state index contributed by atoms with van der Waals surface area (Å²) in [6.07, 6.45) is 4.49. The number of hydrogen-bond acceptors (Lipinski definition) is 4. The molecule has 0 aromatic heterocycles. The molecule has 2 atom stereocenters. The van der Waals surface area contributed by atoms with E-state index in [1.54, 1.807) is 0 Å². The van der Waals surface area contributed by atoms with Crippen LogP contribution in [0.1, 0.15) is 40.0 Å². The van der Waals surface area contributed by atoms with Crippen LogP contribution in [0.2, 0.25) is 0 Å². The Morgan fingerprint density at radius 2 is 1.80 bits per heavy atom. The van der Waals surface area contributed by atoms with Crippen LogP contribution in [0.15, 0.2) is 0 Å². The summed E-state index contributed by atoms with van der Waals surface area (Å²) >= 11 is 0. The van der Waals surface area contributed by atoms with Crippen molar-refractivity contribution in [2.45, 2.75) is 58.3 Å². The molecule has 0 aliphatic carbocycles. The maximum absolute atomic E-state index is 6.18. The molecule has 1 heterocycles. The van der Waals surface area contributed by atoms with Gasteiger partial charge < -0.3 is 15.0 Å². The minimum Gasteiger partial charge on any atom is -0.372 e. The molecular weight excluding hydrogens is 250 g/mol. The van der Waals surface area contributed by atoms with E-state index in [0.29, 0.717) is 18.2 Å². The molecule has 0 aromatic carbocycles. The Morgan fingerprint density at radius 1 is 1.10 bits per heavy atom. The summed E-state index contributed by atoms with van der Waals surface area (Å²) in [6, 6.07) is 0.550. The average molecular weight is 285 g/mol. The molecule has 1 fully saturated rings. The molecule has 0 radical (unpaired) electrons. The predicted molar refractivity (Wildman–Crippen MR) is 86.3 cm³/mol. The minimum atomic E-state index is 0.416. The molecule has 1 saturated heterocycles. The van der Waals surface area contributed by atoms with Gasteiger partial charge in [-0.3, -0.25) is 4.90 Å². The van der Waals surface area contributed by atoms with Gasteiger partial charge in [0, 0.05) is 32.2 Å². The lowest BCUT2D eigenvalue weighted by molar-refractivity contribution is 0.0216. The maximum atomic E-state index is 6.18. The van der Waals surface area contributed by atoms with Crippen molar-refractivity contribution in [3.8, 4) is 0 Å². The Hall–Kier alpha value is -0.160. The van der Waals surface area contributed by atoms with Crippen LogP contribution < -0.4 is 5.32 Å². The molecule has 0 bridgehead atoms. The fourth-order valence-corrected chi connectivity index (χ4v) is 2.67. The van der Waals surface area contributed by atoms with Crippen LogP contribution in [-0.2, 0) is 4.74 Å². The van der Waals surface area contributed by atoms with Crippen LogP contribution >= 0.6 is 0 Å². The molecule has 4 nitrogen and oxygen atoms in total. The van der Waals surface area contributed by atoms with Gasteiger partial charge >= 0.3 is 0 Å². The highest BCUT2D eigenvalue weighted by Crippen LogP contribution is 2.20. The zero-order valence-electron chi connectivity index (χ0n) is 14.2. The molecule has 1 aliphatic heterocycles. The van der Waals surface area contributed by atoms with E-state index in [0.717, 1.165) is 26.2 Å². The molecule has 1 rings (SSSR count). The van der Waals surface area contributed by atoms with Gasteiger partial charge in [0.2, 0.25) is 0 Å². The van der Waals surface area contributed by atoms with E-state index in [-0.39, 0.29) is 0 Å². The molecule has 0 aromatic rings. The number of hydrogen-bond donors (Lipinski definition) is 1. The van der Waals surface area contributed by atoms with Gasteiger partial charge in [-0.15, -0.1) is 0 Å². The van der Waals surface area contributed by atoms with Crippen molar-refractivity contribution in [1.82, 2.24) is 15.1 Å². The van der Waals surface area contributed by atoms with Crippen molar-refractivity contribution in [2.24, 2.45) is 0 Å². The van der Waals surface area contributed by atoms with Crippen LogP contribution in [-0.4, -0.2) is 74.9 Å². The fourth-order valence-electron chi connectivity index (χ4n) is 2.67. The minimum absolute atomic E-state index is 0.416. The lowest BCUT2D eigenvalue weighted by atomic mass is 10.2. The van der Waals surface area contributed by atoms with Crippen LogP contribution in [0.3, 0.4) is 0 Å². The van der Waals surface area contributed by atoms with Gasteiger partial charge in [0.1, 0.15) is 0 Å². The normalized spacial score (nSPS) is 23.4. The zero-order valence-corrected chi connectivity index (χ0v) is 14.2. The first-order chi connectivity index (χ1) is 9.51. The van der Waals surface area contributed by atoms with Crippen LogP contribution in [0, 0.1) is 0 Å². The van der Waals surface area contributed by atoms with E-state index in [9.17, 15) is 0 Å². The van der Waals surface area contributed by atoms with E-state index in [4.69, 9.17) is 4.74 Å². The largest absolute Gasteiger partial charge is 0.372 e.